The molecule has 2 heteroatoms. The summed E-state index contributed by atoms with van der Waals surface area (Å²) >= 11 is 3.61. The molecule has 1 nitrogen and oxygen atoms in total. The van der Waals surface area contributed by atoms with E-state index in [2.05, 4.69) is 98.3 Å². The van der Waals surface area contributed by atoms with Crippen LogP contribution in [0.25, 0.3) is 0 Å². The second kappa shape index (κ2) is 6.23. The molecule has 21 heavy (non-hydrogen) atoms. The van der Waals surface area contributed by atoms with Crippen LogP contribution in [0.1, 0.15) is 50.4 Å². The molecule has 0 aliphatic rings. The van der Waals surface area contributed by atoms with Crippen molar-refractivity contribution < 1.29 is 0 Å². The fourth-order valence-electron chi connectivity index (χ4n) is 2.34. The quantitative estimate of drug-likeness (QED) is 0.695. The number of anilines is 1. The van der Waals surface area contributed by atoms with Crippen molar-refractivity contribution in [3.8, 4) is 0 Å². The highest BCUT2D eigenvalue weighted by atomic mass is 79.9. The Morgan fingerprint density at radius 3 is 2.19 bits per heavy atom. The van der Waals surface area contributed by atoms with E-state index >= 15 is 0 Å². The lowest BCUT2D eigenvalue weighted by Gasteiger charge is -2.21. The van der Waals surface area contributed by atoms with Crippen LogP contribution < -0.4 is 5.32 Å². The molecule has 0 radical (unpaired) electrons. The third kappa shape index (κ3) is 4.10. The Balaban J connectivity index is 2.17. The largest absolute Gasteiger partial charge is 0.378 e. The van der Waals surface area contributed by atoms with Gasteiger partial charge in [-0.2, -0.15) is 0 Å². The third-order valence-electron chi connectivity index (χ3n) is 3.77. The average Bonchev–Trinajstić information content (AvgIpc) is 2.42. The fourth-order valence-corrected chi connectivity index (χ4v) is 2.70. The number of benzene rings is 2. The normalized spacial score (nSPS) is 13.0. The molecule has 2 aromatic rings. The van der Waals surface area contributed by atoms with E-state index in [-0.39, 0.29) is 11.5 Å². The van der Waals surface area contributed by atoms with Gasteiger partial charge in [-0.05, 0) is 64.0 Å². The van der Waals surface area contributed by atoms with Gasteiger partial charge in [0, 0.05) is 16.2 Å². The number of rotatable bonds is 3. The Morgan fingerprint density at radius 1 is 1.00 bits per heavy atom. The molecule has 2 rings (SSSR count). The van der Waals surface area contributed by atoms with Crippen molar-refractivity contribution in [2.45, 2.75) is 46.1 Å². The molecular formula is C19H24BrN. The van der Waals surface area contributed by atoms with E-state index in [1.54, 1.807) is 0 Å². The monoisotopic (exact) mass is 345 g/mol. The molecular weight excluding hydrogens is 322 g/mol. The molecule has 0 saturated carbocycles. The number of halogens is 1. The molecule has 1 atom stereocenters. The van der Waals surface area contributed by atoms with Gasteiger partial charge in [0.05, 0.1) is 0 Å². The predicted octanol–water partition coefficient (Wildman–Crippen LogP) is 6.23. The molecule has 0 aliphatic carbocycles. The second-order valence-corrected chi connectivity index (χ2v) is 7.58. The highest BCUT2D eigenvalue weighted by Crippen LogP contribution is 2.29. The summed E-state index contributed by atoms with van der Waals surface area (Å²) in [5, 5.41) is 3.58. The average molecular weight is 346 g/mol. The number of hydrogen-bond acceptors (Lipinski definition) is 1. The van der Waals surface area contributed by atoms with Crippen LogP contribution >= 0.6 is 15.9 Å². The first-order chi connectivity index (χ1) is 9.77. The van der Waals surface area contributed by atoms with E-state index < -0.39 is 0 Å². The Hall–Kier alpha value is -1.28. The van der Waals surface area contributed by atoms with Crippen LogP contribution in [-0.2, 0) is 5.41 Å². The van der Waals surface area contributed by atoms with Gasteiger partial charge in [0.2, 0.25) is 0 Å². The molecule has 112 valence electrons. The minimum absolute atomic E-state index is 0.203. The van der Waals surface area contributed by atoms with Crippen molar-refractivity contribution in [3.05, 3.63) is 63.6 Å². The number of nitrogens with one attached hydrogen (secondary N) is 1. The van der Waals surface area contributed by atoms with E-state index in [9.17, 15) is 0 Å². The zero-order valence-corrected chi connectivity index (χ0v) is 15.1. The highest BCUT2D eigenvalue weighted by molar-refractivity contribution is 9.10. The topological polar surface area (TPSA) is 12.0 Å². The van der Waals surface area contributed by atoms with Gasteiger partial charge in [-0.1, -0.05) is 51.1 Å². The van der Waals surface area contributed by atoms with Gasteiger partial charge in [0.1, 0.15) is 0 Å². The molecule has 0 aliphatic heterocycles. The molecule has 0 bridgehead atoms. The van der Waals surface area contributed by atoms with Crippen LogP contribution in [0, 0.1) is 6.92 Å². The van der Waals surface area contributed by atoms with E-state index in [1.807, 2.05) is 0 Å². The maximum atomic E-state index is 3.61. The lowest BCUT2D eigenvalue weighted by atomic mass is 9.86. The Bertz CT molecular complexity index is 608. The summed E-state index contributed by atoms with van der Waals surface area (Å²) in [5.74, 6) is 0. The Labute approximate surface area is 136 Å². The van der Waals surface area contributed by atoms with Crippen LogP contribution in [-0.4, -0.2) is 0 Å². The van der Waals surface area contributed by atoms with Crippen LogP contribution in [0.3, 0.4) is 0 Å². The van der Waals surface area contributed by atoms with E-state index in [0.29, 0.717) is 0 Å². The van der Waals surface area contributed by atoms with Crippen LogP contribution in [0.15, 0.2) is 46.9 Å². The maximum Gasteiger partial charge on any atom is 0.0491 e. The number of aryl methyl sites for hydroxylation is 1. The molecule has 0 aromatic heterocycles. The first kappa shape index (κ1) is 16.1. The van der Waals surface area contributed by atoms with Gasteiger partial charge in [-0.3, -0.25) is 0 Å². The summed E-state index contributed by atoms with van der Waals surface area (Å²) < 4.78 is 1.10. The molecule has 0 heterocycles. The lowest BCUT2D eigenvalue weighted by Crippen LogP contribution is -2.12. The fraction of sp³-hybridized carbons (Fsp3) is 0.368. The maximum absolute atomic E-state index is 3.61. The minimum Gasteiger partial charge on any atom is -0.378 e. The molecule has 1 N–H and O–H groups in total. The summed E-state index contributed by atoms with van der Waals surface area (Å²) in [6.07, 6.45) is 0. The zero-order valence-electron chi connectivity index (χ0n) is 13.5. The summed E-state index contributed by atoms with van der Waals surface area (Å²) in [5.41, 5.74) is 5.28. The van der Waals surface area contributed by atoms with E-state index in [4.69, 9.17) is 0 Å². The first-order valence-electron chi connectivity index (χ1n) is 7.40. The molecule has 2 aromatic carbocycles. The number of hydrogen-bond donors (Lipinski definition) is 1. The van der Waals surface area contributed by atoms with Crippen molar-refractivity contribution >= 4 is 21.6 Å². The summed E-state index contributed by atoms with van der Waals surface area (Å²) in [4.78, 5) is 0. The van der Waals surface area contributed by atoms with E-state index in [1.165, 1.54) is 16.7 Å². The molecule has 0 amide bonds. The van der Waals surface area contributed by atoms with Crippen LogP contribution in [0.2, 0.25) is 0 Å². The van der Waals surface area contributed by atoms with Crippen LogP contribution in [0.5, 0.6) is 0 Å². The zero-order chi connectivity index (χ0) is 15.6. The van der Waals surface area contributed by atoms with Gasteiger partial charge in [0.25, 0.3) is 0 Å². The van der Waals surface area contributed by atoms with Gasteiger partial charge < -0.3 is 5.32 Å². The molecule has 0 spiro atoms. The SMILES string of the molecule is Cc1ccc(Br)c(NC(C)c2ccc(C(C)(C)C)cc2)c1. The van der Waals surface area contributed by atoms with E-state index in [0.717, 1.165) is 10.2 Å². The summed E-state index contributed by atoms with van der Waals surface area (Å²) in [6.45, 7) is 11.0. The van der Waals surface area contributed by atoms with Gasteiger partial charge in [-0.15, -0.1) is 0 Å². The standard InChI is InChI=1S/C19H24BrN/c1-13-6-11-17(20)18(12-13)21-14(2)15-7-9-16(10-8-15)19(3,4)5/h6-12,14,21H,1-5H3. The molecule has 0 saturated heterocycles. The van der Waals surface area contributed by atoms with Crippen molar-refractivity contribution in [2.24, 2.45) is 0 Å². The van der Waals surface area contributed by atoms with Crippen molar-refractivity contribution in [3.63, 3.8) is 0 Å². The van der Waals surface area contributed by atoms with Crippen molar-refractivity contribution in [1.29, 1.82) is 0 Å². The summed E-state index contributed by atoms with van der Waals surface area (Å²) in [7, 11) is 0. The lowest BCUT2D eigenvalue weighted by molar-refractivity contribution is 0.589. The molecule has 0 fully saturated rings. The second-order valence-electron chi connectivity index (χ2n) is 6.72. The van der Waals surface area contributed by atoms with Gasteiger partial charge in [-0.25, -0.2) is 0 Å². The smallest absolute Gasteiger partial charge is 0.0491 e. The third-order valence-corrected chi connectivity index (χ3v) is 4.46. The first-order valence-corrected chi connectivity index (χ1v) is 8.20. The van der Waals surface area contributed by atoms with Crippen LogP contribution in [0.4, 0.5) is 5.69 Å². The predicted molar refractivity (Wildman–Crippen MR) is 96.1 cm³/mol. The van der Waals surface area contributed by atoms with Gasteiger partial charge >= 0.3 is 0 Å². The highest BCUT2D eigenvalue weighted by Gasteiger charge is 2.14. The van der Waals surface area contributed by atoms with Gasteiger partial charge in [0.15, 0.2) is 0 Å². The Morgan fingerprint density at radius 2 is 1.62 bits per heavy atom. The summed E-state index contributed by atoms with van der Waals surface area (Å²) in [6, 6.07) is 15.6. The minimum atomic E-state index is 0.203. The van der Waals surface area contributed by atoms with Crippen molar-refractivity contribution in [1.82, 2.24) is 0 Å². The van der Waals surface area contributed by atoms with Crippen molar-refractivity contribution in [2.75, 3.05) is 5.32 Å². The Kier molecular flexibility index (Phi) is 4.77. The molecule has 1 unspecified atom stereocenters.